The summed E-state index contributed by atoms with van der Waals surface area (Å²) in [6.07, 6.45) is 7.45. The molecule has 3 N–H and O–H groups in total. The number of H-pyrrole nitrogens is 2. The molecular weight excluding hydrogens is 459 g/mol. The zero-order chi connectivity index (χ0) is 24.9. The van der Waals surface area contributed by atoms with Gasteiger partial charge in [0.1, 0.15) is 12.0 Å². The van der Waals surface area contributed by atoms with Crippen molar-refractivity contribution in [2.75, 3.05) is 6.54 Å². The summed E-state index contributed by atoms with van der Waals surface area (Å²) >= 11 is 0. The highest BCUT2D eigenvalue weighted by Crippen LogP contribution is 2.45. The average Bonchev–Trinajstić information content (AvgIpc) is 3.63. The van der Waals surface area contributed by atoms with Gasteiger partial charge in [0.05, 0.1) is 0 Å². The lowest BCUT2D eigenvalue weighted by Crippen LogP contribution is -2.54. The van der Waals surface area contributed by atoms with E-state index in [1.54, 1.807) is 6.07 Å². The van der Waals surface area contributed by atoms with E-state index in [0.29, 0.717) is 24.1 Å². The number of hydrogen-bond acceptors (Lipinski definition) is 6. The molecule has 36 heavy (non-hydrogen) atoms. The highest BCUT2D eigenvalue weighted by Gasteiger charge is 2.44. The van der Waals surface area contributed by atoms with Gasteiger partial charge in [-0.15, -0.1) is 10.2 Å². The predicted octanol–water partition coefficient (Wildman–Crippen LogP) is 5.11. The van der Waals surface area contributed by atoms with Gasteiger partial charge in [-0.3, -0.25) is 4.90 Å². The summed E-state index contributed by atoms with van der Waals surface area (Å²) in [5.74, 6) is 2.03. The standard InChI is InChI=1S/C27H33FN6O2/c1-27(2,19-15-29-20-9-3-7-18(25(19)20)22-11-12-23(28)36-22)14-24(35)34-13-5-8-16-17(6-4-10-21(16)34)26-30-32-33-31-26/h3,7,9,11-12,15-17,21,24,29,35H,4-6,8,10,13-14H2,1-2H3,(H,30,31,32,33). The van der Waals surface area contributed by atoms with Crippen LogP contribution >= 0.6 is 0 Å². The van der Waals surface area contributed by atoms with Crippen molar-refractivity contribution in [3.8, 4) is 11.3 Å². The monoisotopic (exact) mass is 492 g/mol. The van der Waals surface area contributed by atoms with E-state index < -0.39 is 12.2 Å². The molecular formula is C27H33FN6O2. The number of likely N-dealkylation sites (tertiary alicyclic amines) is 1. The molecule has 1 saturated carbocycles. The Morgan fingerprint density at radius 1 is 1.19 bits per heavy atom. The van der Waals surface area contributed by atoms with Gasteiger partial charge in [0.25, 0.3) is 6.01 Å². The fourth-order valence-corrected chi connectivity index (χ4v) is 6.81. The second kappa shape index (κ2) is 9.12. The molecule has 1 aliphatic heterocycles. The Balaban J connectivity index is 1.27. The third kappa shape index (κ3) is 4.04. The first-order chi connectivity index (χ1) is 17.4. The Morgan fingerprint density at radius 3 is 2.86 bits per heavy atom. The van der Waals surface area contributed by atoms with Crippen LogP contribution in [0.25, 0.3) is 22.2 Å². The minimum atomic E-state index is -0.597. The van der Waals surface area contributed by atoms with Gasteiger partial charge >= 0.3 is 0 Å². The van der Waals surface area contributed by atoms with Crippen molar-refractivity contribution < 1.29 is 13.9 Å². The molecule has 2 aliphatic rings. The Bertz CT molecular complexity index is 1330. The van der Waals surface area contributed by atoms with Crippen molar-refractivity contribution in [1.29, 1.82) is 0 Å². The first-order valence-electron chi connectivity index (χ1n) is 13.0. The van der Waals surface area contributed by atoms with Crippen LogP contribution in [0.4, 0.5) is 4.39 Å². The molecule has 4 heterocycles. The van der Waals surface area contributed by atoms with Crippen LogP contribution in [-0.4, -0.2) is 54.4 Å². The minimum absolute atomic E-state index is 0.287. The quantitative estimate of drug-likeness (QED) is 0.345. The van der Waals surface area contributed by atoms with Crippen LogP contribution in [0.1, 0.15) is 69.7 Å². The first kappa shape index (κ1) is 23.4. The molecule has 2 fully saturated rings. The summed E-state index contributed by atoms with van der Waals surface area (Å²) in [5, 5.41) is 27.6. The van der Waals surface area contributed by atoms with Crippen LogP contribution in [-0.2, 0) is 5.41 Å². The molecule has 0 amide bonds. The number of furan rings is 1. The molecule has 4 unspecified atom stereocenters. The molecule has 0 bridgehead atoms. The van der Waals surface area contributed by atoms with Crippen molar-refractivity contribution in [3.05, 3.63) is 53.9 Å². The summed E-state index contributed by atoms with van der Waals surface area (Å²) < 4.78 is 19.0. The number of nitrogens with zero attached hydrogens (tertiary/aromatic N) is 4. The van der Waals surface area contributed by atoms with Gasteiger partial charge in [0.15, 0.2) is 5.82 Å². The molecule has 4 atom stereocenters. The topological polar surface area (TPSA) is 107 Å². The largest absolute Gasteiger partial charge is 0.431 e. The maximum Gasteiger partial charge on any atom is 0.278 e. The van der Waals surface area contributed by atoms with Crippen LogP contribution in [0.5, 0.6) is 0 Å². The summed E-state index contributed by atoms with van der Waals surface area (Å²) in [6, 6.07) is 8.64. The lowest BCUT2D eigenvalue weighted by atomic mass is 9.70. The van der Waals surface area contributed by atoms with Crippen molar-refractivity contribution in [3.63, 3.8) is 0 Å². The second-order valence-corrected chi connectivity index (χ2v) is 11.0. The Hall–Kier alpha value is -3.04. The van der Waals surface area contributed by atoms with Gasteiger partial charge in [-0.25, -0.2) is 0 Å². The summed E-state index contributed by atoms with van der Waals surface area (Å²) in [7, 11) is 0. The van der Waals surface area contributed by atoms with E-state index in [1.165, 1.54) is 6.07 Å². The Labute approximate surface area is 209 Å². The highest BCUT2D eigenvalue weighted by molar-refractivity contribution is 5.97. The SMILES string of the molecule is CC(C)(CC(O)N1CCCC2C(c3nn[nH]n3)CCCC21)c1c[nH]c2cccc(-c3ccc(F)o3)c12. The van der Waals surface area contributed by atoms with Crippen LogP contribution in [0.3, 0.4) is 0 Å². The van der Waals surface area contributed by atoms with E-state index in [-0.39, 0.29) is 11.3 Å². The van der Waals surface area contributed by atoms with Crippen molar-refractivity contribution >= 4 is 10.9 Å². The van der Waals surface area contributed by atoms with E-state index >= 15 is 0 Å². The smallest absolute Gasteiger partial charge is 0.278 e. The van der Waals surface area contributed by atoms with Crippen molar-refractivity contribution in [1.82, 2.24) is 30.5 Å². The van der Waals surface area contributed by atoms with Gasteiger partial charge in [0.2, 0.25) is 0 Å². The number of aliphatic hydroxyl groups is 1. The van der Waals surface area contributed by atoms with E-state index in [9.17, 15) is 9.50 Å². The second-order valence-electron chi connectivity index (χ2n) is 11.0. The van der Waals surface area contributed by atoms with E-state index in [1.807, 2.05) is 24.4 Å². The van der Waals surface area contributed by atoms with E-state index in [4.69, 9.17) is 4.42 Å². The molecule has 1 saturated heterocycles. The molecule has 4 aromatic rings. The molecule has 190 valence electrons. The minimum Gasteiger partial charge on any atom is -0.431 e. The molecule has 0 radical (unpaired) electrons. The Kier molecular flexibility index (Phi) is 5.92. The molecule has 9 heteroatoms. The predicted molar refractivity (Wildman–Crippen MR) is 134 cm³/mol. The molecule has 8 nitrogen and oxygen atoms in total. The number of fused-ring (bicyclic) bond motifs is 2. The van der Waals surface area contributed by atoms with Gasteiger partial charge < -0.3 is 14.5 Å². The lowest BCUT2D eigenvalue weighted by molar-refractivity contribution is -0.0860. The first-order valence-corrected chi connectivity index (χ1v) is 13.0. The molecule has 3 aromatic heterocycles. The fourth-order valence-electron chi connectivity index (χ4n) is 6.81. The average molecular weight is 493 g/mol. The number of halogens is 1. The number of nitrogens with one attached hydrogen (secondary N) is 2. The Morgan fingerprint density at radius 2 is 2.08 bits per heavy atom. The number of rotatable bonds is 6. The van der Waals surface area contributed by atoms with Crippen molar-refractivity contribution in [2.24, 2.45) is 5.92 Å². The third-order valence-corrected chi connectivity index (χ3v) is 8.45. The van der Waals surface area contributed by atoms with Gasteiger partial charge in [0, 0.05) is 47.2 Å². The molecule has 1 aliphatic carbocycles. The van der Waals surface area contributed by atoms with Crippen LogP contribution < -0.4 is 0 Å². The fraction of sp³-hybridized carbons (Fsp3) is 0.519. The molecule has 6 rings (SSSR count). The van der Waals surface area contributed by atoms with Gasteiger partial charge in [-0.1, -0.05) is 37.6 Å². The van der Waals surface area contributed by atoms with Gasteiger partial charge in [-0.05, 0) is 61.1 Å². The number of piperidine rings is 1. The van der Waals surface area contributed by atoms with Crippen LogP contribution in [0.2, 0.25) is 0 Å². The third-order valence-electron chi connectivity index (χ3n) is 8.45. The van der Waals surface area contributed by atoms with Gasteiger partial charge in [-0.2, -0.15) is 9.60 Å². The number of aromatic amines is 2. The zero-order valence-electron chi connectivity index (χ0n) is 20.7. The zero-order valence-corrected chi connectivity index (χ0v) is 20.7. The molecule has 1 aromatic carbocycles. The maximum absolute atomic E-state index is 13.7. The lowest BCUT2D eigenvalue weighted by Gasteiger charge is -2.49. The normalized spacial score (nSPS) is 24.2. The summed E-state index contributed by atoms with van der Waals surface area (Å²) in [4.78, 5) is 5.70. The maximum atomic E-state index is 13.7. The van der Waals surface area contributed by atoms with E-state index in [0.717, 1.165) is 66.5 Å². The highest BCUT2D eigenvalue weighted by atomic mass is 19.1. The number of benzene rings is 1. The molecule has 0 spiro atoms. The van der Waals surface area contributed by atoms with E-state index in [2.05, 4.69) is 44.4 Å². The summed E-state index contributed by atoms with van der Waals surface area (Å²) in [6.45, 7) is 5.23. The van der Waals surface area contributed by atoms with Crippen LogP contribution in [0, 0.1) is 11.9 Å². The van der Waals surface area contributed by atoms with Crippen molar-refractivity contribution in [2.45, 2.75) is 76.0 Å². The number of aliphatic hydroxyl groups excluding tert-OH is 1. The number of aromatic nitrogens is 5. The number of hydrogen-bond donors (Lipinski definition) is 3. The summed E-state index contributed by atoms with van der Waals surface area (Å²) in [5.41, 5.74) is 2.57. The van der Waals surface area contributed by atoms with Crippen LogP contribution in [0.15, 0.2) is 40.9 Å². The number of tetrazole rings is 1.